The van der Waals surface area contributed by atoms with Crippen LogP contribution < -0.4 is 4.74 Å². The number of hydrogen-bond acceptors (Lipinski definition) is 1. The van der Waals surface area contributed by atoms with Crippen LogP contribution in [-0.4, -0.2) is 6.61 Å². The van der Waals surface area contributed by atoms with Gasteiger partial charge in [0.25, 0.3) is 0 Å². The van der Waals surface area contributed by atoms with Gasteiger partial charge in [-0.1, -0.05) is 22.0 Å². The molecule has 0 unspecified atom stereocenters. The highest BCUT2D eigenvalue weighted by Gasteiger charge is 2.00. The van der Waals surface area contributed by atoms with Crippen LogP contribution in [0.2, 0.25) is 0 Å². The van der Waals surface area contributed by atoms with Crippen LogP contribution in [0.3, 0.4) is 0 Å². The molecule has 0 saturated carbocycles. The number of halogens is 1. The first-order valence-electron chi connectivity index (χ1n) is 3.63. The molecule has 1 rings (SSSR count). The maximum atomic E-state index is 5.39. The fraction of sp³-hybridized carbons (Fsp3) is 0.333. The van der Waals surface area contributed by atoms with E-state index >= 15 is 0 Å². The van der Waals surface area contributed by atoms with E-state index in [4.69, 9.17) is 4.74 Å². The maximum Gasteiger partial charge on any atom is 0.123 e. The quantitative estimate of drug-likeness (QED) is 0.736. The summed E-state index contributed by atoms with van der Waals surface area (Å²) in [4.78, 5) is 0. The van der Waals surface area contributed by atoms with Crippen molar-refractivity contribution in [1.82, 2.24) is 0 Å². The fourth-order valence-electron chi connectivity index (χ4n) is 0.900. The zero-order valence-electron chi connectivity index (χ0n) is 6.73. The monoisotopic (exact) mass is 214 g/mol. The van der Waals surface area contributed by atoms with Gasteiger partial charge in [0.1, 0.15) is 5.75 Å². The lowest BCUT2D eigenvalue weighted by atomic mass is 10.2. The van der Waals surface area contributed by atoms with Crippen molar-refractivity contribution >= 4 is 15.9 Å². The average molecular weight is 215 g/mol. The lowest BCUT2D eigenvalue weighted by Gasteiger charge is -2.06. The van der Waals surface area contributed by atoms with E-state index in [1.165, 1.54) is 0 Å². The molecule has 1 aromatic rings. The molecule has 0 aliphatic rings. The zero-order valence-corrected chi connectivity index (χ0v) is 8.31. The van der Waals surface area contributed by atoms with Gasteiger partial charge in [0, 0.05) is 10.0 Å². The molecule has 0 N–H and O–H groups in total. The van der Waals surface area contributed by atoms with Crippen LogP contribution in [0.15, 0.2) is 22.7 Å². The van der Waals surface area contributed by atoms with Crippen molar-refractivity contribution in [2.45, 2.75) is 13.8 Å². The topological polar surface area (TPSA) is 9.23 Å². The summed E-state index contributed by atoms with van der Waals surface area (Å²) in [6, 6.07) is 5.96. The summed E-state index contributed by atoms with van der Waals surface area (Å²) in [5.41, 5.74) is 1.16. The minimum absolute atomic E-state index is 0.720. The van der Waals surface area contributed by atoms with Gasteiger partial charge in [-0.25, -0.2) is 0 Å². The Kier molecular flexibility index (Phi) is 2.94. The Labute approximate surface area is 75.5 Å². The second kappa shape index (κ2) is 3.77. The molecule has 0 heterocycles. The van der Waals surface area contributed by atoms with Crippen molar-refractivity contribution in [3.63, 3.8) is 0 Å². The van der Waals surface area contributed by atoms with Crippen molar-refractivity contribution in [2.75, 3.05) is 6.61 Å². The molecular formula is C9H11BrO. The molecule has 11 heavy (non-hydrogen) atoms. The predicted octanol–water partition coefficient (Wildman–Crippen LogP) is 3.16. The number of benzene rings is 1. The van der Waals surface area contributed by atoms with Crippen molar-refractivity contribution < 1.29 is 4.74 Å². The average Bonchev–Trinajstić information content (AvgIpc) is 1.99. The summed E-state index contributed by atoms with van der Waals surface area (Å²) < 4.78 is 6.49. The van der Waals surface area contributed by atoms with Gasteiger partial charge in [-0.05, 0) is 26.0 Å². The molecule has 0 fully saturated rings. The second-order valence-corrected chi connectivity index (χ2v) is 3.15. The molecule has 1 nitrogen and oxygen atoms in total. The van der Waals surface area contributed by atoms with Crippen LogP contribution in [0.5, 0.6) is 5.75 Å². The molecule has 0 amide bonds. The lowest BCUT2D eigenvalue weighted by Crippen LogP contribution is -1.93. The Morgan fingerprint density at radius 2 is 2.18 bits per heavy atom. The van der Waals surface area contributed by atoms with Crippen LogP contribution in [0.1, 0.15) is 12.5 Å². The standard InChI is InChI=1S/C9H11BrO/c1-3-11-9-6-4-5-8(10)7(9)2/h4-6H,3H2,1-2H3. The van der Waals surface area contributed by atoms with Gasteiger partial charge in [-0.3, -0.25) is 0 Å². The third-order valence-electron chi connectivity index (χ3n) is 1.52. The largest absolute Gasteiger partial charge is 0.494 e. The van der Waals surface area contributed by atoms with Gasteiger partial charge >= 0.3 is 0 Å². The van der Waals surface area contributed by atoms with E-state index in [-0.39, 0.29) is 0 Å². The zero-order chi connectivity index (χ0) is 8.27. The van der Waals surface area contributed by atoms with E-state index in [0.29, 0.717) is 0 Å². The van der Waals surface area contributed by atoms with E-state index in [1.54, 1.807) is 0 Å². The van der Waals surface area contributed by atoms with Gasteiger partial charge < -0.3 is 4.74 Å². The summed E-state index contributed by atoms with van der Waals surface area (Å²) in [6.07, 6.45) is 0. The molecule has 0 saturated heterocycles. The molecule has 0 spiro atoms. The highest BCUT2D eigenvalue weighted by molar-refractivity contribution is 9.10. The molecule has 2 heteroatoms. The van der Waals surface area contributed by atoms with Gasteiger partial charge in [-0.2, -0.15) is 0 Å². The second-order valence-electron chi connectivity index (χ2n) is 2.30. The summed E-state index contributed by atoms with van der Waals surface area (Å²) >= 11 is 3.44. The summed E-state index contributed by atoms with van der Waals surface area (Å²) in [7, 11) is 0. The SMILES string of the molecule is CCOc1cccc(Br)c1C. The van der Waals surface area contributed by atoms with Gasteiger partial charge in [-0.15, -0.1) is 0 Å². The summed E-state index contributed by atoms with van der Waals surface area (Å²) in [6.45, 7) is 4.74. The lowest BCUT2D eigenvalue weighted by molar-refractivity contribution is 0.337. The van der Waals surface area contributed by atoms with Crippen LogP contribution in [0, 0.1) is 6.92 Å². The molecule has 0 aliphatic carbocycles. The number of rotatable bonds is 2. The van der Waals surface area contributed by atoms with Crippen LogP contribution in [0.25, 0.3) is 0 Å². The molecule has 0 radical (unpaired) electrons. The third-order valence-corrected chi connectivity index (χ3v) is 2.38. The normalized spacial score (nSPS) is 9.73. The summed E-state index contributed by atoms with van der Waals surface area (Å²) in [5.74, 6) is 0.960. The first-order valence-corrected chi connectivity index (χ1v) is 4.43. The van der Waals surface area contributed by atoms with Crippen LogP contribution in [0.4, 0.5) is 0 Å². The first kappa shape index (κ1) is 8.60. The fourth-order valence-corrected chi connectivity index (χ4v) is 1.25. The minimum Gasteiger partial charge on any atom is -0.494 e. The Bertz CT molecular complexity index is 245. The van der Waals surface area contributed by atoms with Crippen molar-refractivity contribution in [3.05, 3.63) is 28.2 Å². The highest BCUT2D eigenvalue weighted by atomic mass is 79.9. The Hall–Kier alpha value is -0.500. The van der Waals surface area contributed by atoms with E-state index < -0.39 is 0 Å². The Morgan fingerprint density at radius 3 is 2.82 bits per heavy atom. The van der Waals surface area contributed by atoms with Crippen molar-refractivity contribution in [2.24, 2.45) is 0 Å². The maximum absolute atomic E-state index is 5.39. The number of hydrogen-bond donors (Lipinski definition) is 0. The number of ether oxygens (including phenoxy) is 1. The van der Waals surface area contributed by atoms with Crippen LogP contribution in [-0.2, 0) is 0 Å². The molecule has 60 valence electrons. The van der Waals surface area contributed by atoms with E-state index in [0.717, 1.165) is 22.4 Å². The highest BCUT2D eigenvalue weighted by Crippen LogP contribution is 2.25. The Morgan fingerprint density at radius 1 is 1.45 bits per heavy atom. The van der Waals surface area contributed by atoms with E-state index in [2.05, 4.69) is 15.9 Å². The molecule has 0 atom stereocenters. The third kappa shape index (κ3) is 1.96. The predicted molar refractivity (Wildman–Crippen MR) is 50.0 cm³/mol. The van der Waals surface area contributed by atoms with E-state index in [1.807, 2.05) is 32.0 Å². The summed E-state index contributed by atoms with van der Waals surface area (Å²) in [5, 5.41) is 0. The molecule has 1 aromatic carbocycles. The minimum atomic E-state index is 0.720. The van der Waals surface area contributed by atoms with Crippen molar-refractivity contribution in [3.8, 4) is 5.75 Å². The van der Waals surface area contributed by atoms with Crippen LogP contribution >= 0.6 is 15.9 Å². The van der Waals surface area contributed by atoms with Gasteiger partial charge in [0.2, 0.25) is 0 Å². The molecule has 0 bridgehead atoms. The van der Waals surface area contributed by atoms with E-state index in [9.17, 15) is 0 Å². The smallest absolute Gasteiger partial charge is 0.123 e. The molecule has 0 aliphatic heterocycles. The van der Waals surface area contributed by atoms with Gasteiger partial charge in [0.05, 0.1) is 6.61 Å². The van der Waals surface area contributed by atoms with Gasteiger partial charge in [0.15, 0.2) is 0 Å². The molecule has 0 aromatic heterocycles. The molecular weight excluding hydrogens is 204 g/mol. The van der Waals surface area contributed by atoms with Crippen molar-refractivity contribution in [1.29, 1.82) is 0 Å². The first-order chi connectivity index (χ1) is 5.25. The Balaban J connectivity index is 2.96.